The van der Waals surface area contributed by atoms with Gasteiger partial charge in [0, 0.05) is 11.6 Å². The van der Waals surface area contributed by atoms with Gasteiger partial charge in [-0.3, -0.25) is 4.79 Å². The van der Waals surface area contributed by atoms with Crippen LogP contribution in [0.1, 0.15) is 17.2 Å². The first kappa shape index (κ1) is 17.8. The van der Waals surface area contributed by atoms with E-state index in [4.69, 9.17) is 16.3 Å². The Kier molecular flexibility index (Phi) is 5.61. The topological polar surface area (TPSA) is 41.6 Å². The van der Waals surface area contributed by atoms with E-state index in [-0.39, 0.29) is 17.9 Å². The molecule has 132 valence electrons. The van der Waals surface area contributed by atoms with E-state index in [2.05, 4.69) is 10.2 Å². The molecule has 2 atom stereocenters. The normalized spacial score (nSPS) is 17.5. The third-order valence-electron chi connectivity index (χ3n) is 4.61. The summed E-state index contributed by atoms with van der Waals surface area (Å²) in [4.78, 5) is 14.7. The van der Waals surface area contributed by atoms with E-state index in [0.29, 0.717) is 24.6 Å². The Bertz CT molecular complexity index is 748. The monoisotopic (exact) mass is 358 g/mol. The quantitative estimate of drug-likeness (QED) is 0.891. The summed E-state index contributed by atoms with van der Waals surface area (Å²) in [6.07, 6.45) is 0.709. The van der Waals surface area contributed by atoms with E-state index < -0.39 is 0 Å². The Labute approximate surface area is 153 Å². The predicted molar refractivity (Wildman–Crippen MR) is 100 cm³/mol. The van der Waals surface area contributed by atoms with Crippen molar-refractivity contribution in [3.8, 4) is 5.75 Å². The molecule has 2 aromatic rings. The number of rotatable bonds is 5. The number of halogens is 1. The molecule has 0 unspecified atom stereocenters. The van der Waals surface area contributed by atoms with Crippen molar-refractivity contribution in [1.82, 2.24) is 10.2 Å². The molecule has 3 rings (SSSR count). The van der Waals surface area contributed by atoms with Crippen LogP contribution in [-0.2, 0) is 11.2 Å². The number of fused-ring (bicyclic) bond motifs is 1. The van der Waals surface area contributed by atoms with Gasteiger partial charge in [-0.05, 0) is 43.8 Å². The smallest absolute Gasteiger partial charge is 0.226 e. The van der Waals surface area contributed by atoms with Crippen molar-refractivity contribution >= 4 is 17.5 Å². The van der Waals surface area contributed by atoms with E-state index in [1.54, 1.807) is 0 Å². The second kappa shape index (κ2) is 7.89. The molecular formula is C20H23ClN2O2. The SMILES string of the molecule is CN(C)[C@@H](CNC(=O)[C@H]1COc2ccccc2C1)c1ccccc1Cl. The maximum atomic E-state index is 12.6. The lowest BCUT2D eigenvalue weighted by Crippen LogP contribution is -2.41. The van der Waals surface area contributed by atoms with Gasteiger partial charge in [-0.15, -0.1) is 0 Å². The average molecular weight is 359 g/mol. The van der Waals surface area contributed by atoms with Crippen molar-refractivity contribution in [3.05, 3.63) is 64.7 Å². The molecule has 1 aliphatic heterocycles. The summed E-state index contributed by atoms with van der Waals surface area (Å²) >= 11 is 6.32. The summed E-state index contributed by atoms with van der Waals surface area (Å²) < 4.78 is 5.72. The Hall–Kier alpha value is -2.04. The van der Waals surface area contributed by atoms with Gasteiger partial charge in [0.1, 0.15) is 12.4 Å². The largest absolute Gasteiger partial charge is 0.492 e. The van der Waals surface area contributed by atoms with Gasteiger partial charge in [-0.2, -0.15) is 0 Å². The van der Waals surface area contributed by atoms with Gasteiger partial charge in [0.05, 0.1) is 12.0 Å². The highest BCUT2D eigenvalue weighted by Crippen LogP contribution is 2.28. The fourth-order valence-corrected chi connectivity index (χ4v) is 3.42. The van der Waals surface area contributed by atoms with Crippen LogP contribution in [0.2, 0.25) is 5.02 Å². The maximum Gasteiger partial charge on any atom is 0.226 e. The first-order valence-corrected chi connectivity index (χ1v) is 8.83. The van der Waals surface area contributed by atoms with Gasteiger partial charge in [0.15, 0.2) is 0 Å². The van der Waals surface area contributed by atoms with E-state index in [1.807, 2.05) is 62.6 Å². The van der Waals surface area contributed by atoms with Crippen LogP contribution in [-0.4, -0.2) is 38.1 Å². The molecule has 0 aliphatic carbocycles. The number of hydrogen-bond acceptors (Lipinski definition) is 3. The number of nitrogens with one attached hydrogen (secondary N) is 1. The minimum Gasteiger partial charge on any atom is -0.492 e. The number of nitrogens with zero attached hydrogens (tertiary/aromatic N) is 1. The van der Waals surface area contributed by atoms with Crippen LogP contribution < -0.4 is 10.1 Å². The Morgan fingerprint density at radius 1 is 1.24 bits per heavy atom. The summed E-state index contributed by atoms with van der Waals surface area (Å²) in [5.41, 5.74) is 2.10. The first-order valence-electron chi connectivity index (χ1n) is 8.45. The summed E-state index contributed by atoms with van der Waals surface area (Å²) in [5, 5.41) is 3.78. The number of para-hydroxylation sites is 1. The number of hydrogen-bond donors (Lipinski definition) is 1. The van der Waals surface area contributed by atoms with Gasteiger partial charge < -0.3 is 15.0 Å². The molecule has 4 nitrogen and oxygen atoms in total. The molecule has 0 radical (unpaired) electrons. The van der Waals surface area contributed by atoms with Gasteiger partial charge >= 0.3 is 0 Å². The molecular weight excluding hydrogens is 336 g/mol. The summed E-state index contributed by atoms with van der Waals surface area (Å²) in [6.45, 7) is 0.926. The number of carbonyl (C=O) groups excluding carboxylic acids is 1. The lowest BCUT2D eigenvalue weighted by Gasteiger charge is -2.28. The molecule has 0 aromatic heterocycles. The third kappa shape index (κ3) is 4.14. The first-order chi connectivity index (χ1) is 12.1. The van der Waals surface area contributed by atoms with Gasteiger partial charge in [0.2, 0.25) is 5.91 Å². The van der Waals surface area contributed by atoms with Gasteiger partial charge in [-0.25, -0.2) is 0 Å². The Morgan fingerprint density at radius 3 is 2.72 bits per heavy atom. The van der Waals surface area contributed by atoms with Crippen molar-refractivity contribution in [2.75, 3.05) is 27.2 Å². The molecule has 2 aromatic carbocycles. The molecule has 1 amide bonds. The zero-order valence-electron chi connectivity index (χ0n) is 14.5. The highest BCUT2D eigenvalue weighted by molar-refractivity contribution is 6.31. The predicted octanol–water partition coefficient (Wildman–Crippen LogP) is 3.31. The maximum absolute atomic E-state index is 12.6. The number of benzene rings is 2. The summed E-state index contributed by atoms with van der Waals surface area (Å²) in [7, 11) is 3.97. The zero-order valence-corrected chi connectivity index (χ0v) is 15.3. The van der Waals surface area contributed by atoms with Gasteiger partial charge in [-0.1, -0.05) is 48.0 Å². The standard InChI is InChI=1S/C20H23ClN2O2/c1-23(2)18(16-8-4-5-9-17(16)21)12-22-20(24)15-11-14-7-3-6-10-19(14)25-13-15/h3-10,15,18H,11-13H2,1-2H3,(H,22,24)/t15-,18+/m1/s1. The second-order valence-electron chi connectivity index (χ2n) is 6.57. The third-order valence-corrected chi connectivity index (χ3v) is 4.95. The fourth-order valence-electron chi connectivity index (χ4n) is 3.15. The van der Waals surface area contributed by atoms with Crippen LogP contribution in [0, 0.1) is 5.92 Å². The molecule has 1 aliphatic rings. The summed E-state index contributed by atoms with van der Waals surface area (Å²) in [5.74, 6) is 0.742. The van der Waals surface area contributed by atoms with Crippen molar-refractivity contribution in [1.29, 1.82) is 0 Å². The average Bonchev–Trinajstić information content (AvgIpc) is 2.62. The molecule has 0 saturated heterocycles. The van der Waals surface area contributed by atoms with E-state index >= 15 is 0 Å². The van der Waals surface area contributed by atoms with Crippen molar-refractivity contribution in [3.63, 3.8) is 0 Å². The van der Waals surface area contributed by atoms with E-state index in [0.717, 1.165) is 16.9 Å². The molecule has 0 fully saturated rings. The molecule has 25 heavy (non-hydrogen) atoms. The zero-order chi connectivity index (χ0) is 17.8. The Morgan fingerprint density at radius 2 is 1.96 bits per heavy atom. The van der Waals surface area contributed by atoms with Crippen molar-refractivity contribution < 1.29 is 9.53 Å². The molecule has 1 heterocycles. The summed E-state index contributed by atoms with van der Waals surface area (Å²) in [6, 6.07) is 15.7. The molecule has 0 spiro atoms. The van der Waals surface area contributed by atoms with Crippen LogP contribution in [0.3, 0.4) is 0 Å². The van der Waals surface area contributed by atoms with Crippen LogP contribution in [0.4, 0.5) is 0 Å². The van der Waals surface area contributed by atoms with E-state index in [9.17, 15) is 4.79 Å². The van der Waals surface area contributed by atoms with Crippen molar-refractivity contribution in [2.24, 2.45) is 5.92 Å². The number of ether oxygens (including phenoxy) is 1. The lowest BCUT2D eigenvalue weighted by atomic mass is 9.96. The van der Waals surface area contributed by atoms with Gasteiger partial charge in [0.25, 0.3) is 0 Å². The minimum atomic E-state index is -0.163. The van der Waals surface area contributed by atoms with Crippen LogP contribution in [0.15, 0.2) is 48.5 Å². The molecule has 1 N–H and O–H groups in total. The number of likely N-dealkylation sites (N-methyl/N-ethyl adjacent to an activating group) is 1. The van der Waals surface area contributed by atoms with Crippen LogP contribution in [0.25, 0.3) is 0 Å². The highest BCUT2D eigenvalue weighted by Gasteiger charge is 2.27. The molecule has 0 saturated carbocycles. The minimum absolute atomic E-state index is 0.0217. The van der Waals surface area contributed by atoms with E-state index in [1.165, 1.54) is 0 Å². The Balaban J connectivity index is 1.64. The van der Waals surface area contributed by atoms with Crippen molar-refractivity contribution in [2.45, 2.75) is 12.5 Å². The molecule has 0 bridgehead atoms. The highest BCUT2D eigenvalue weighted by atomic mass is 35.5. The second-order valence-corrected chi connectivity index (χ2v) is 6.97. The molecule has 5 heteroatoms. The van der Waals surface area contributed by atoms with Crippen LogP contribution in [0.5, 0.6) is 5.75 Å². The van der Waals surface area contributed by atoms with Crippen LogP contribution >= 0.6 is 11.6 Å². The number of amides is 1. The lowest BCUT2D eigenvalue weighted by molar-refractivity contribution is -0.126. The number of carbonyl (C=O) groups is 1. The fraction of sp³-hybridized carbons (Fsp3) is 0.350.